The van der Waals surface area contributed by atoms with E-state index in [0.29, 0.717) is 23.9 Å². The van der Waals surface area contributed by atoms with Gasteiger partial charge in [-0.1, -0.05) is 6.92 Å². The van der Waals surface area contributed by atoms with Gasteiger partial charge in [-0.25, -0.2) is 8.42 Å². The van der Waals surface area contributed by atoms with E-state index in [0.717, 1.165) is 31.5 Å². The van der Waals surface area contributed by atoms with E-state index in [2.05, 4.69) is 17.2 Å². The fourth-order valence-corrected chi connectivity index (χ4v) is 5.14. The van der Waals surface area contributed by atoms with Crippen molar-refractivity contribution in [3.05, 3.63) is 18.0 Å². The third-order valence-electron chi connectivity index (χ3n) is 4.42. The summed E-state index contributed by atoms with van der Waals surface area (Å²) in [7, 11) is -3.31. The van der Waals surface area contributed by atoms with Crippen molar-refractivity contribution in [2.75, 3.05) is 13.1 Å². The predicted octanol–water partition coefficient (Wildman–Crippen LogP) is 1.69. The lowest BCUT2D eigenvalue weighted by Gasteiger charge is -2.25. The molecule has 0 radical (unpaired) electrons. The molecule has 20 heavy (non-hydrogen) atoms. The number of sulfonamides is 1. The molecule has 6 heteroatoms. The molecule has 0 aromatic carbocycles. The van der Waals surface area contributed by atoms with E-state index in [1.165, 1.54) is 6.42 Å². The van der Waals surface area contributed by atoms with Crippen LogP contribution in [0.4, 0.5) is 0 Å². The van der Waals surface area contributed by atoms with Crippen LogP contribution in [0.2, 0.25) is 0 Å². The largest absolute Gasteiger partial charge is 0.363 e. The Morgan fingerprint density at radius 3 is 2.95 bits per heavy atom. The molecule has 2 bridgehead atoms. The number of hydrogen-bond acceptors (Lipinski definition) is 3. The molecule has 2 N–H and O–H groups in total. The number of rotatable bonds is 6. The first kappa shape index (κ1) is 14.1. The number of fused-ring (bicyclic) bond motifs is 2. The van der Waals surface area contributed by atoms with E-state index >= 15 is 0 Å². The van der Waals surface area contributed by atoms with Gasteiger partial charge in [-0.15, -0.1) is 0 Å². The van der Waals surface area contributed by atoms with E-state index in [-0.39, 0.29) is 6.04 Å². The van der Waals surface area contributed by atoms with Gasteiger partial charge in [0.25, 0.3) is 0 Å². The van der Waals surface area contributed by atoms with Gasteiger partial charge in [0.1, 0.15) is 0 Å². The highest BCUT2D eigenvalue weighted by molar-refractivity contribution is 7.89. The van der Waals surface area contributed by atoms with Crippen LogP contribution in [0.15, 0.2) is 17.2 Å². The van der Waals surface area contributed by atoms with Crippen LogP contribution < -0.4 is 5.32 Å². The molecule has 1 saturated carbocycles. The molecule has 2 heterocycles. The zero-order valence-corrected chi connectivity index (χ0v) is 12.7. The van der Waals surface area contributed by atoms with E-state index in [1.807, 2.05) is 0 Å². The molecule has 1 aromatic heterocycles. The van der Waals surface area contributed by atoms with Gasteiger partial charge in [-0.2, -0.15) is 4.31 Å². The molecule has 2 atom stereocenters. The smallest absolute Gasteiger partial charge is 0.244 e. The minimum absolute atomic E-state index is 0.238. The van der Waals surface area contributed by atoms with Gasteiger partial charge in [-0.05, 0) is 44.2 Å². The second kappa shape index (κ2) is 5.50. The Kier molecular flexibility index (Phi) is 3.88. The van der Waals surface area contributed by atoms with Crippen LogP contribution in [0.3, 0.4) is 0 Å². The minimum Gasteiger partial charge on any atom is -0.363 e. The number of hydrogen-bond donors (Lipinski definition) is 2. The van der Waals surface area contributed by atoms with Crippen molar-refractivity contribution in [2.24, 2.45) is 5.92 Å². The summed E-state index contributed by atoms with van der Waals surface area (Å²) in [4.78, 5) is 3.49. The average molecular weight is 297 g/mol. The average Bonchev–Trinajstić information content (AvgIpc) is 3.15. The maximum Gasteiger partial charge on any atom is 0.244 e. The Balaban J connectivity index is 1.71. The standard InChI is InChI=1S/C14H23N3O2S/c1-2-5-15-8-12-7-14(9-16-12)20(18,19)17-10-11-3-4-13(17)6-11/h7,9,11,13,15-16H,2-6,8,10H2,1H3. The van der Waals surface area contributed by atoms with Crippen LogP contribution in [-0.2, 0) is 16.6 Å². The Bertz CT molecular complexity index is 567. The predicted molar refractivity (Wildman–Crippen MR) is 77.8 cm³/mol. The van der Waals surface area contributed by atoms with Crippen molar-refractivity contribution >= 4 is 10.0 Å². The monoisotopic (exact) mass is 297 g/mol. The maximum absolute atomic E-state index is 12.7. The highest BCUT2D eigenvalue weighted by atomic mass is 32.2. The number of aromatic amines is 1. The van der Waals surface area contributed by atoms with Crippen molar-refractivity contribution in [1.29, 1.82) is 0 Å². The zero-order valence-electron chi connectivity index (χ0n) is 11.9. The molecule has 2 aliphatic rings. The summed E-state index contributed by atoms with van der Waals surface area (Å²) < 4.78 is 27.0. The van der Waals surface area contributed by atoms with Crippen molar-refractivity contribution in [3.63, 3.8) is 0 Å². The Morgan fingerprint density at radius 1 is 1.45 bits per heavy atom. The molecule has 2 unspecified atom stereocenters. The highest BCUT2D eigenvalue weighted by Gasteiger charge is 2.44. The lowest BCUT2D eigenvalue weighted by molar-refractivity contribution is 0.333. The van der Waals surface area contributed by atoms with Gasteiger partial charge in [0.15, 0.2) is 0 Å². The summed E-state index contributed by atoms with van der Waals surface area (Å²) in [5.41, 5.74) is 0.932. The molecule has 0 spiro atoms. The molecule has 112 valence electrons. The fraction of sp³-hybridized carbons (Fsp3) is 0.714. The Morgan fingerprint density at radius 2 is 2.30 bits per heavy atom. The molecule has 2 fully saturated rings. The van der Waals surface area contributed by atoms with E-state index in [1.54, 1.807) is 16.6 Å². The lowest BCUT2D eigenvalue weighted by atomic mass is 10.1. The summed E-state index contributed by atoms with van der Waals surface area (Å²) in [6.07, 6.45) is 5.97. The number of nitrogens with one attached hydrogen (secondary N) is 2. The zero-order chi connectivity index (χ0) is 14.2. The SMILES string of the molecule is CCCNCc1cc(S(=O)(=O)N2CC3CCC2C3)c[nH]1. The topological polar surface area (TPSA) is 65.2 Å². The first-order chi connectivity index (χ1) is 9.61. The Hall–Kier alpha value is -0.850. The minimum atomic E-state index is -3.31. The van der Waals surface area contributed by atoms with Gasteiger partial charge in [0, 0.05) is 31.0 Å². The first-order valence-corrected chi connectivity index (χ1v) is 8.95. The van der Waals surface area contributed by atoms with Crippen LogP contribution in [0, 0.1) is 5.92 Å². The van der Waals surface area contributed by atoms with Crippen LogP contribution in [-0.4, -0.2) is 36.8 Å². The Labute approximate surface area is 120 Å². The van der Waals surface area contributed by atoms with E-state index < -0.39 is 10.0 Å². The number of piperidine rings is 1. The van der Waals surface area contributed by atoms with Crippen molar-refractivity contribution in [3.8, 4) is 0 Å². The molecular weight excluding hydrogens is 274 g/mol. The number of H-pyrrole nitrogens is 1. The maximum atomic E-state index is 12.7. The van der Waals surface area contributed by atoms with E-state index in [4.69, 9.17) is 0 Å². The van der Waals surface area contributed by atoms with Gasteiger partial charge >= 0.3 is 0 Å². The second-order valence-corrected chi connectivity index (χ2v) is 7.84. The van der Waals surface area contributed by atoms with Crippen molar-refractivity contribution < 1.29 is 8.42 Å². The quantitative estimate of drug-likeness (QED) is 0.785. The summed E-state index contributed by atoms with van der Waals surface area (Å²) in [5, 5.41) is 3.27. The molecular formula is C14H23N3O2S. The summed E-state index contributed by atoms with van der Waals surface area (Å²) in [6, 6.07) is 2.01. The molecule has 1 aliphatic carbocycles. The van der Waals surface area contributed by atoms with Crippen LogP contribution in [0.25, 0.3) is 0 Å². The van der Waals surface area contributed by atoms with Gasteiger partial charge in [-0.3, -0.25) is 0 Å². The molecule has 1 saturated heterocycles. The molecule has 1 aliphatic heterocycles. The summed E-state index contributed by atoms with van der Waals surface area (Å²) in [5.74, 6) is 0.583. The molecule has 1 aromatic rings. The fourth-order valence-electron chi connectivity index (χ4n) is 3.38. The highest BCUT2D eigenvalue weighted by Crippen LogP contribution is 2.40. The van der Waals surface area contributed by atoms with Gasteiger partial charge in [0.2, 0.25) is 10.0 Å². The molecule has 5 nitrogen and oxygen atoms in total. The van der Waals surface area contributed by atoms with Crippen LogP contribution in [0.1, 0.15) is 38.3 Å². The third-order valence-corrected chi connectivity index (χ3v) is 6.32. The van der Waals surface area contributed by atoms with E-state index in [9.17, 15) is 8.42 Å². The first-order valence-electron chi connectivity index (χ1n) is 7.51. The summed E-state index contributed by atoms with van der Waals surface area (Å²) in [6.45, 7) is 4.45. The summed E-state index contributed by atoms with van der Waals surface area (Å²) >= 11 is 0. The number of aromatic nitrogens is 1. The van der Waals surface area contributed by atoms with Crippen LogP contribution in [0.5, 0.6) is 0 Å². The second-order valence-electron chi connectivity index (χ2n) is 5.95. The van der Waals surface area contributed by atoms with Crippen molar-refractivity contribution in [2.45, 2.75) is 50.1 Å². The van der Waals surface area contributed by atoms with Gasteiger partial charge < -0.3 is 10.3 Å². The number of nitrogens with zero attached hydrogens (tertiary/aromatic N) is 1. The molecule has 0 amide bonds. The molecule has 3 rings (SSSR count). The van der Waals surface area contributed by atoms with Crippen molar-refractivity contribution in [1.82, 2.24) is 14.6 Å². The van der Waals surface area contributed by atoms with Crippen LogP contribution >= 0.6 is 0 Å². The van der Waals surface area contributed by atoms with Gasteiger partial charge in [0.05, 0.1) is 4.90 Å². The normalized spacial score (nSPS) is 26.4. The lowest BCUT2D eigenvalue weighted by Crippen LogP contribution is -2.37. The third kappa shape index (κ3) is 2.52.